The van der Waals surface area contributed by atoms with Crippen LogP contribution in [0.1, 0.15) is 39.9 Å². The van der Waals surface area contributed by atoms with Crippen LogP contribution in [0.15, 0.2) is 54.7 Å². The second kappa shape index (κ2) is 11.2. The molecule has 2 aromatic carbocycles. The van der Waals surface area contributed by atoms with Crippen molar-refractivity contribution in [2.45, 2.75) is 25.7 Å². The third-order valence-corrected chi connectivity index (χ3v) is 5.97. The van der Waals surface area contributed by atoms with Crippen LogP contribution in [0, 0.1) is 5.82 Å². The van der Waals surface area contributed by atoms with E-state index in [4.69, 9.17) is 14.6 Å². The van der Waals surface area contributed by atoms with Crippen LogP contribution in [0.25, 0.3) is 0 Å². The number of ether oxygens (including phenoxy) is 2. The Morgan fingerprint density at radius 2 is 2.00 bits per heavy atom. The normalized spacial score (nSPS) is 12.6. The Morgan fingerprint density at radius 3 is 2.79 bits per heavy atom. The van der Waals surface area contributed by atoms with Gasteiger partial charge in [0.05, 0.1) is 20.3 Å². The lowest BCUT2D eigenvalue weighted by Crippen LogP contribution is -2.15. The second-order valence-corrected chi connectivity index (χ2v) is 8.24. The third-order valence-electron chi connectivity index (χ3n) is 5.97. The largest absolute Gasteiger partial charge is 0.494 e. The second-order valence-electron chi connectivity index (χ2n) is 8.24. The van der Waals surface area contributed by atoms with E-state index < -0.39 is 0 Å². The number of aliphatic hydroxyl groups excluding tert-OH is 1. The number of aromatic nitrogens is 1. The molecular weight excluding hydrogens is 435 g/mol. The lowest BCUT2D eigenvalue weighted by Gasteiger charge is -2.19. The van der Waals surface area contributed by atoms with Gasteiger partial charge in [0.2, 0.25) is 0 Å². The van der Waals surface area contributed by atoms with Gasteiger partial charge < -0.3 is 19.5 Å². The van der Waals surface area contributed by atoms with Gasteiger partial charge in [-0.05, 0) is 66.3 Å². The molecule has 178 valence electrons. The zero-order valence-corrected chi connectivity index (χ0v) is 19.3. The zero-order valence-electron chi connectivity index (χ0n) is 19.3. The van der Waals surface area contributed by atoms with E-state index in [1.165, 1.54) is 13.2 Å². The number of hydrogen-bond acceptors (Lipinski definition) is 6. The number of hydrogen-bond donors (Lipinski definition) is 1. The Balaban J connectivity index is 1.48. The van der Waals surface area contributed by atoms with E-state index in [0.717, 1.165) is 46.7 Å². The summed E-state index contributed by atoms with van der Waals surface area (Å²) < 4.78 is 24.4. The number of pyridine rings is 1. The van der Waals surface area contributed by atoms with Crippen molar-refractivity contribution in [3.8, 4) is 5.75 Å². The molecule has 7 heteroatoms. The topological polar surface area (TPSA) is 71.9 Å². The SMILES string of the molecule is COc1ccc(Cc2ccnc(N3CCc4c(C(=O)CCCOCCO)cccc43)c2)cc1F. The molecular formula is C27H29FN2O4. The fourth-order valence-corrected chi connectivity index (χ4v) is 4.34. The summed E-state index contributed by atoms with van der Waals surface area (Å²) in [7, 11) is 1.45. The lowest BCUT2D eigenvalue weighted by atomic mass is 9.99. The van der Waals surface area contributed by atoms with Crippen molar-refractivity contribution in [3.05, 3.63) is 82.8 Å². The van der Waals surface area contributed by atoms with E-state index in [9.17, 15) is 9.18 Å². The molecule has 0 saturated heterocycles. The maximum atomic E-state index is 14.1. The van der Waals surface area contributed by atoms with Crippen LogP contribution in [0.4, 0.5) is 15.9 Å². The molecule has 6 nitrogen and oxygen atoms in total. The number of halogens is 1. The molecule has 0 radical (unpaired) electrons. The summed E-state index contributed by atoms with van der Waals surface area (Å²) in [5, 5.41) is 8.78. The summed E-state index contributed by atoms with van der Waals surface area (Å²) in [5.74, 6) is 0.776. The van der Waals surface area contributed by atoms with Gasteiger partial charge >= 0.3 is 0 Å². The molecule has 2 heterocycles. The number of benzene rings is 2. The Hall–Kier alpha value is -3.29. The van der Waals surface area contributed by atoms with Gasteiger partial charge in [-0.1, -0.05) is 18.2 Å². The molecule has 0 spiro atoms. The van der Waals surface area contributed by atoms with Crippen molar-refractivity contribution in [2.24, 2.45) is 0 Å². The van der Waals surface area contributed by atoms with Gasteiger partial charge in [0.15, 0.2) is 17.3 Å². The van der Waals surface area contributed by atoms with E-state index in [2.05, 4.69) is 9.88 Å². The van der Waals surface area contributed by atoms with Crippen LogP contribution in [0.3, 0.4) is 0 Å². The van der Waals surface area contributed by atoms with Gasteiger partial charge in [-0.2, -0.15) is 0 Å². The van der Waals surface area contributed by atoms with Crippen molar-refractivity contribution in [1.82, 2.24) is 4.98 Å². The third kappa shape index (κ3) is 5.43. The van der Waals surface area contributed by atoms with Crippen LogP contribution < -0.4 is 9.64 Å². The fourth-order valence-electron chi connectivity index (χ4n) is 4.34. The van der Waals surface area contributed by atoms with Crippen LogP contribution in [0.2, 0.25) is 0 Å². The Morgan fingerprint density at radius 1 is 1.15 bits per heavy atom. The molecule has 0 saturated carbocycles. The number of fused-ring (bicyclic) bond motifs is 1. The zero-order chi connectivity index (χ0) is 23.9. The highest BCUT2D eigenvalue weighted by Crippen LogP contribution is 2.36. The molecule has 3 aromatic rings. The maximum Gasteiger partial charge on any atom is 0.165 e. The highest BCUT2D eigenvalue weighted by molar-refractivity contribution is 5.99. The first-order valence-electron chi connectivity index (χ1n) is 11.5. The quantitative estimate of drug-likeness (QED) is 0.333. The Labute approximate surface area is 199 Å². The Kier molecular flexibility index (Phi) is 7.87. The van der Waals surface area contributed by atoms with E-state index in [-0.39, 0.29) is 24.0 Å². The standard InChI is InChI=1S/C27H29FN2O4/c1-33-26-8-7-19(17-23(26)28)16-20-9-11-29-27(18-20)30-12-10-21-22(4-2-5-24(21)30)25(32)6-3-14-34-15-13-31/h2,4-5,7-9,11,17-18,31H,3,6,10,12-16H2,1H3. The molecule has 34 heavy (non-hydrogen) atoms. The number of nitrogens with zero attached hydrogens (tertiary/aromatic N) is 2. The number of ketones is 1. The number of carbonyl (C=O) groups excluding carboxylic acids is 1. The van der Waals surface area contributed by atoms with Gasteiger partial charge in [-0.15, -0.1) is 0 Å². The summed E-state index contributed by atoms with van der Waals surface area (Å²) in [6.07, 6.45) is 4.15. The monoisotopic (exact) mass is 464 g/mol. The number of Topliss-reactive ketones (excluding diaryl/α,β-unsaturated/α-hetero) is 1. The highest BCUT2D eigenvalue weighted by Gasteiger charge is 2.25. The summed E-state index contributed by atoms with van der Waals surface area (Å²) in [6, 6.07) is 14.8. The van der Waals surface area contributed by atoms with Crippen LogP contribution in [-0.2, 0) is 17.6 Å². The van der Waals surface area contributed by atoms with E-state index >= 15 is 0 Å². The van der Waals surface area contributed by atoms with Gasteiger partial charge in [0.1, 0.15) is 5.82 Å². The summed E-state index contributed by atoms with van der Waals surface area (Å²) in [5.41, 5.74) is 4.69. The van der Waals surface area contributed by atoms with Crippen molar-refractivity contribution in [1.29, 1.82) is 0 Å². The lowest BCUT2D eigenvalue weighted by molar-refractivity contribution is 0.0832. The summed E-state index contributed by atoms with van der Waals surface area (Å²) >= 11 is 0. The minimum atomic E-state index is -0.375. The molecule has 0 bridgehead atoms. The minimum Gasteiger partial charge on any atom is -0.494 e. The fraction of sp³-hybridized carbons (Fsp3) is 0.333. The first kappa shape index (κ1) is 23.9. The smallest absolute Gasteiger partial charge is 0.165 e. The van der Waals surface area contributed by atoms with Crippen molar-refractivity contribution >= 4 is 17.3 Å². The summed E-state index contributed by atoms with van der Waals surface area (Å²) in [4.78, 5) is 19.5. The molecule has 1 aliphatic rings. The summed E-state index contributed by atoms with van der Waals surface area (Å²) in [6.45, 7) is 1.49. The average molecular weight is 465 g/mol. The molecule has 0 unspecified atom stereocenters. The van der Waals surface area contributed by atoms with E-state index in [1.54, 1.807) is 12.3 Å². The van der Waals surface area contributed by atoms with Gasteiger partial charge in [-0.25, -0.2) is 9.37 Å². The molecule has 0 atom stereocenters. The molecule has 0 amide bonds. The van der Waals surface area contributed by atoms with Crippen LogP contribution >= 0.6 is 0 Å². The molecule has 1 aromatic heterocycles. The first-order chi connectivity index (χ1) is 16.6. The molecule has 4 rings (SSSR count). The molecule has 1 aliphatic heterocycles. The number of methoxy groups -OCH3 is 1. The van der Waals surface area contributed by atoms with Gasteiger partial charge in [-0.3, -0.25) is 4.79 Å². The predicted octanol–water partition coefficient (Wildman–Crippen LogP) is 4.49. The van der Waals surface area contributed by atoms with Crippen molar-refractivity contribution < 1.29 is 23.8 Å². The van der Waals surface area contributed by atoms with Crippen LogP contribution in [0.5, 0.6) is 5.75 Å². The number of aliphatic hydroxyl groups is 1. The first-order valence-corrected chi connectivity index (χ1v) is 11.5. The minimum absolute atomic E-state index is 0.0117. The average Bonchev–Trinajstić information content (AvgIpc) is 3.28. The molecule has 1 N–H and O–H groups in total. The van der Waals surface area contributed by atoms with Crippen molar-refractivity contribution in [3.63, 3.8) is 0 Å². The van der Waals surface area contributed by atoms with Gasteiger partial charge in [0.25, 0.3) is 0 Å². The molecule has 0 fully saturated rings. The number of rotatable bonds is 11. The molecule has 0 aliphatic carbocycles. The van der Waals surface area contributed by atoms with Crippen molar-refractivity contribution in [2.75, 3.05) is 38.4 Å². The number of anilines is 2. The predicted molar refractivity (Wildman–Crippen MR) is 129 cm³/mol. The number of carbonyl (C=O) groups is 1. The maximum absolute atomic E-state index is 14.1. The van der Waals surface area contributed by atoms with Gasteiger partial charge in [0, 0.05) is 37.0 Å². The van der Waals surface area contributed by atoms with E-state index in [0.29, 0.717) is 32.5 Å². The van der Waals surface area contributed by atoms with E-state index in [1.807, 2.05) is 36.4 Å². The highest BCUT2D eigenvalue weighted by atomic mass is 19.1. The Bertz CT molecular complexity index is 1150. The van der Waals surface area contributed by atoms with Crippen LogP contribution in [-0.4, -0.2) is 49.3 Å².